The molecule has 0 saturated heterocycles. The highest BCUT2D eigenvalue weighted by Gasteiger charge is 2.14. The molecule has 0 unspecified atom stereocenters. The quantitative estimate of drug-likeness (QED) is 0.774. The van der Waals surface area contributed by atoms with Crippen LogP contribution in [-0.4, -0.2) is 33.5 Å². The van der Waals surface area contributed by atoms with Gasteiger partial charge < -0.3 is 15.0 Å². The molecule has 5 nitrogen and oxygen atoms in total. The lowest BCUT2D eigenvalue weighted by Crippen LogP contribution is -2.31. The number of aromatic nitrogens is 2. The fourth-order valence-corrected chi connectivity index (χ4v) is 2.37. The Morgan fingerprint density at radius 2 is 2.17 bits per heavy atom. The van der Waals surface area contributed by atoms with Crippen LogP contribution in [0.5, 0.6) is 5.75 Å². The Balaban J connectivity index is 2.05. The minimum Gasteiger partial charge on any atom is -0.433 e. The SMILES string of the molecule is CCn1cc(Cl)c(CN(C)C(=S)Nc2ccccc2OC(F)F)n1. The van der Waals surface area contributed by atoms with Crippen molar-refractivity contribution in [3.8, 4) is 5.75 Å². The van der Waals surface area contributed by atoms with Gasteiger partial charge in [-0.3, -0.25) is 4.68 Å². The third-order valence-corrected chi connectivity index (χ3v) is 3.92. The van der Waals surface area contributed by atoms with Crippen LogP contribution < -0.4 is 10.1 Å². The van der Waals surface area contributed by atoms with Crippen molar-refractivity contribution in [2.24, 2.45) is 0 Å². The number of anilines is 1. The minimum absolute atomic E-state index is 0.0246. The van der Waals surface area contributed by atoms with Crippen molar-refractivity contribution in [3.63, 3.8) is 0 Å². The van der Waals surface area contributed by atoms with E-state index in [-0.39, 0.29) is 5.75 Å². The van der Waals surface area contributed by atoms with Crippen LogP contribution in [0.3, 0.4) is 0 Å². The normalized spacial score (nSPS) is 10.8. The molecular weight excluding hydrogens is 358 g/mol. The number of nitrogens with one attached hydrogen (secondary N) is 1. The third kappa shape index (κ3) is 4.78. The van der Waals surface area contributed by atoms with Gasteiger partial charge in [-0.1, -0.05) is 23.7 Å². The van der Waals surface area contributed by atoms with Gasteiger partial charge in [-0.25, -0.2) is 0 Å². The van der Waals surface area contributed by atoms with Gasteiger partial charge in [0.15, 0.2) is 5.11 Å². The number of alkyl halides is 2. The van der Waals surface area contributed by atoms with E-state index in [9.17, 15) is 8.78 Å². The molecule has 0 fully saturated rings. The summed E-state index contributed by atoms with van der Waals surface area (Å²) >= 11 is 11.4. The Kier molecular flexibility index (Phi) is 6.33. The monoisotopic (exact) mass is 374 g/mol. The van der Waals surface area contributed by atoms with Gasteiger partial charge in [0.2, 0.25) is 0 Å². The summed E-state index contributed by atoms with van der Waals surface area (Å²) < 4.78 is 31.1. The Morgan fingerprint density at radius 3 is 2.79 bits per heavy atom. The van der Waals surface area contributed by atoms with Gasteiger partial charge in [-0.05, 0) is 31.3 Å². The van der Waals surface area contributed by atoms with Gasteiger partial charge in [0.25, 0.3) is 0 Å². The molecule has 0 spiro atoms. The highest BCUT2D eigenvalue weighted by molar-refractivity contribution is 7.80. The molecule has 1 aromatic carbocycles. The molecule has 0 atom stereocenters. The van der Waals surface area contributed by atoms with Crippen LogP contribution in [0.25, 0.3) is 0 Å². The van der Waals surface area contributed by atoms with Crippen molar-refractivity contribution >= 4 is 34.6 Å². The van der Waals surface area contributed by atoms with Gasteiger partial charge in [0, 0.05) is 19.8 Å². The summed E-state index contributed by atoms with van der Waals surface area (Å²) in [6.45, 7) is 0.152. The average Bonchev–Trinajstić information content (AvgIpc) is 2.89. The zero-order chi connectivity index (χ0) is 17.7. The molecule has 2 aromatic rings. The van der Waals surface area contributed by atoms with Gasteiger partial charge >= 0.3 is 6.61 Å². The number of rotatable bonds is 6. The average molecular weight is 375 g/mol. The summed E-state index contributed by atoms with van der Waals surface area (Å²) in [5, 5.41) is 8.13. The van der Waals surface area contributed by atoms with E-state index in [2.05, 4.69) is 15.2 Å². The van der Waals surface area contributed by atoms with Crippen molar-refractivity contribution in [2.75, 3.05) is 12.4 Å². The van der Waals surface area contributed by atoms with Crippen LogP contribution >= 0.6 is 23.8 Å². The first-order valence-corrected chi connectivity index (χ1v) is 7.97. The zero-order valence-electron chi connectivity index (χ0n) is 13.2. The van der Waals surface area contributed by atoms with Crippen molar-refractivity contribution in [3.05, 3.63) is 41.2 Å². The zero-order valence-corrected chi connectivity index (χ0v) is 14.7. The van der Waals surface area contributed by atoms with E-state index in [0.717, 1.165) is 0 Å². The number of para-hydroxylation sites is 2. The van der Waals surface area contributed by atoms with Crippen molar-refractivity contribution in [1.29, 1.82) is 0 Å². The van der Waals surface area contributed by atoms with E-state index < -0.39 is 6.61 Å². The maximum Gasteiger partial charge on any atom is 0.387 e. The van der Waals surface area contributed by atoms with E-state index in [4.69, 9.17) is 23.8 Å². The summed E-state index contributed by atoms with van der Waals surface area (Å²) in [6.07, 6.45) is 1.74. The summed E-state index contributed by atoms with van der Waals surface area (Å²) in [5.41, 5.74) is 1.04. The second-order valence-corrected chi connectivity index (χ2v) is 5.73. The molecule has 0 aliphatic rings. The fraction of sp³-hybridized carbons (Fsp3) is 0.333. The molecule has 0 aliphatic heterocycles. The Bertz CT molecular complexity index is 711. The Morgan fingerprint density at radius 1 is 1.46 bits per heavy atom. The molecule has 130 valence electrons. The van der Waals surface area contributed by atoms with Crippen molar-refractivity contribution in [1.82, 2.24) is 14.7 Å². The second-order valence-electron chi connectivity index (χ2n) is 4.94. The van der Waals surface area contributed by atoms with E-state index in [1.54, 1.807) is 41.0 Å². The van der Waals surface area contributed by atoms with Crippen molar-refractivity contribution in [2.45, 2.75) is 26.6 Å². The highest BCUT2D eigenvalue weighted by atomic mass is 35.5. The van der Waals surface area contributed by atoms with Crippen LogP contribution in [0.1, 0.15) is 12.6 Å². The largest absolute Gasteiger partial charge is 0.433 e. The van der Waals surface area contributed by atoms with Crippen LogP contribution in [0.15, 0.2) is 30.5 Å². The third-order valence-electron chi connectivity index (χ3n) is 3.19. The van der Waals surface area contributed by atoms with E-state index >= 15 is 0 Å². The number of hydrogen-bond acceptors (Lipinski definition) is 3. The molecule has 24 heavy (non-hydrogen) atoms. The molecular formula is C15H17ClF2N4OS. The fourth-order valence-electron chi connectivity index (χ4n) is 1.98. The number of thiocarbonyl (C=S) groups is 1. The smallest absolute Gasteiger partial charge is 0.387 e. The molecule has 9 heteroatoms. The van der Waals surface area contributed by atoms with Gasteiger partial charge in [-0.2, -0.15) is 13.9 Å². The van der Waals surface area contributed by atoms with Crippen LogP contribution in [0, 0.1) is 0 Å². The first-order chi connectivity index (χ1) is 11.4. The lowest BCUT2D eigenvalue weighted by Gasteiger charge is -2.21. The Labute approximate surface area is 149 Å². The molecule has 2 rings (SSSR count). The van der Waals surface area contributed by atoms with Crippen LogP contribution in [0.4, 0.5) is 14.5 Å². The molecule has 0 aliphatic carbocycles. The van der Waals surface area contributed by atoms with Crippen LogP contribution in [0.2, 0.25) is 5.02 Å². The summed E-state index contributed by atoms with van der Waals surface area (Å²) in [4.78, 5) is 1.71. The molecule has 1 aromatic heterocycles. The lowest BCUT2D eigenvalue weighted by molar-refractivity contribution is -0.0493. The minimum atomic E-state index is -2.91. The lowest BCUT2D eigenvalue weighted by atomic mass is 10.3. The standard InChI is InChI=1S/C15H17ClF2N4OS/c1-3-22-8-10(16)12(20-22)9-21(2)15(24)19-11-6-4-5-7-13(11)23-14(17)18/h4-8,14H,3,9H2,1-2H3,(H,19,24). The van der Waals surface area contributed by atoms with Gasteiger partial charge in [0.1, 0.15) is 11.4 Å². The molecule has 0 bridgehead atoms. The highest BCUT2D eigenvalue weighted by Crippen LogP contribution is 2.26. The number of halogens is 3. The predicted molar refractivity (Wildman–Crippen MR) is 93.7 cm³/mol. The molecule has 1 N–H and O–H groups in total. The molecule has 0 saturated carbocycles. The van der Waals surface area contributed by atoms with E-state index in [1.165, 1.54) is 6.07 Å². The number of hydrogen-bond donors (Lipinski definition) is 1. The maximum atomic E-state index is 12.4. The topological polar surface area (TPSA) is 42.3 Å². The van der Waals surface area contributed by atoms with Gasteiger partial charge in [-0.15, -0.1) is 0 Å². The first kappa shape index (κ1) is 18.4. The summed E-state index contributed by atoms with van der Waals surface area (Å²) in [7, 11) is 1.76. The predicted octanol–water partition coefficient (Wildman–Crippen LogP) is 3.99. The van der Waals surface area contributed by atoms with E-state index in [0.29, 0.717) is 34.6 Å². The number of aryl methyl sites for hydroxylation is 1. The second kappa shape index (κ2) is 8.25. The van der Waals surface area contributed by atoms with E-state index in [1.807, 2.05) is 6.92 Å². The van der Waals surface area contributed by atoms with Gasteiger partial charge in [0.05, 0.1) is 17.3 Å². The number of nitrogens with zero attached hydrogens (tertiary/aromatic N) is 3. The summed E-state index contributed by atoms with van der Waals surface area (Å²) in [6, 6.07) is 6.35. The first-order valence-electron chi connectivity index (χ1n) is 7.18. The number of ether oxygens (including phenoxy) is 1. The Hall–Kier alpha value is -1.93. The molecule has 0 amide bonds. The summed E-state index contributed by atoms with van der Waals surface area (Å²) in [5.74, 6) is 0.0246. The number of benzene rings is 1. The van der Waals surface area contributed by atoms with Crippen LogP contribution in [-0.2, 0) is 13.1 Å². The van der Waals surface area contributed by atoms with Crippen molar-refractivity contribution < 1.29 is 13.5 Å². The molecule has 1 heterocycles. The maximum absolute atomic E-state index is 12.4. The molecule has 0 radical (unpaired) electrons.